The highest BCUT2D eigenvalue weighted by atomic mass is 32.2. The van der Waals surface area contributed by atoms with Gasteiger partial charge < -0.3 is 14.2 Å². The predicted octanol–water partition coefficient (Wildman–Crippen LogP) is 8.14. The van der Waals surface area contributed by atoms with Gasteiger partial charge in [-0.15, -0.1) is 23.5 Å². The van der Waals surface area contributed by atoms with Crippen LogP contribution < -0.4 is 0 Å². The molecule has 0 aliphatic heterocycles. The third kappa shape index (κ3) is 7.18. The molecular weight excluding hydrogens is 427 g/mol. The van der Waals surface area contributed by atoms with Gasteiger partial charge in [0.05, 0.1) is 5.41 Å². The van der Waals surface area contributed by atoms with E-state index in [0.717, 1.165) is 50.7 Å². The molecule has 3 nitrogen and oxygen atoms in total. The zero-order chi connectivity index (χ0) is 22.4. The van der Waals surface area contributed by atoms with Gasteiger partial charge in [-0.1, -0.05) is 60.3 Å². The van der Waals surface area contributed by atoms with Crippen LogP contribution in [-0.4, -0.2) is 41.7 Å². The van der Waals surface area contributed by atoms with Gasteiger partial charge in [0.2, 0.25) is 0 Å². The van der Waals surface area contributed by atoms with Crippen molar-refractivity contribution in [1.29, 1.82) is 0 Å². The van der Waals surface area contributed by atoms with E-state index in [2.05, 4.69) is 40.9 Å². The van der Waals surface area contributed by atoms with Crippen molar-refractivity contribution in [2.24, 2.45) is 11.3 Å². The molecule has 0 bridgehead atoms. The first-order valence-corrected chi connectivity index (χ1v) is 14.1. The Labute approximate surface area is 193 Å². The van der Waals surface area contributed by atoms with Crippen molar-refractivity contribution in [2.45, 2.75) is 95.9 Å². The molecule has 0 saturated heterocycles. The predicted molar refractivity (Wildman–Crippen MR) is 131 cm³/mol. The molecule has 0 heterocycles. The third-order valence-corrected chi connectivity index (χ3v) is 9.93. The summed E-state index contributed by atoms with van der Waals surface area (Å²) in [6.07, 6.45) is 8.59. The van der Waals surface area contributed by atoms with E-state index >= 15 is 0 Å². The highest BCUT2D eigenvalue weighted by Crippen LogP contribution is 2.65. The van der Waals surface area contributed by atoms with Crippen LogP contribution >= 0.6 is 35.7 Å². The summed E-state index contributed by atoms with van der Waals surface area (Å²) >= 11 is 3.72. The van der Waals surface area contributed by atoms with Gasteiger partial charge in [-0.05, 0) is 44.1 Å². The second-order valence-corrected chi connectivity index (χ2v) is 10.8. The molecule has 0 aromatic carbocycles. The van der Waals surface area contributed by atoms with Crippen molar-refractivity contribution in [3.05, 3.63) is 0 Å². The lowest BCUT2D eigenvalue weighted by atomic mass is 9.77. The molecule has 4 atom stereocenters. The molecule has 0 radical (unpaired) electrons. The zero-order valence-electron chi connectivity index (χ0n) is 20.0. The second-order valence-electron chi connectivity index (χ2n) is 7.64. The summed E-state index contributed by atoms with van der Waals surface area (Å²) in [6.45, 7) is 13.8. The van der Waals surface area contributed by atoms with Crippen LogP contribution in [-0.2, 0) is 14.2 Å². The van der Waals surface area contributed by atoms with Crippen molar-refractivity contribution in [1.82, 2.24) is 0 Å². The molecule has 0 spiro atoms. The Morgan fingerprint density at radius 3 is 2.07 bits per heavy atom. The number of halogens is 1. The summed E-state index contributed by atoms with van der Waals surface area (Å²) in [5.41, 5.74) is -0.637. The second kappa shape index (κ2) is 15.6. The average molecular weight is 473 g/mol. The first kappa shape index (κ1) is 29.9. The number of rotatable bonds is 19. The molecule has 0 aromatic heterocycles. The standard InChI is InChI=1S/C22H45FO3S3/c1-9-14-16-20(15-10-2,21(24-7,29-23)25-13-5)22(27-8,26-17-11-3)28-18-19(6)12-4/h19H,9-18H2,1-8H3. The maximum Gasteiger partial charge on any atom is 0.259 e. The van der Waals surface area contributed by atoms with Gasteiger partial charge in [-0.2, -0.15) is 3.89 Å². The van der Waals surface area contributed by atoms with E-state index in [4.69, 9.17) is 14.2 Å². The molecule has 0 rings (SSSR count). The van der Waals surface area contributed by atoms with Gasteiger partial charge >= 0.3 is 0 Å². The maximum atomic E-state index is 14.8. The van der Waals surface area contributed by atoms with E-state index in [1.54, 1.807) is 18.9 Å². The summed E-state index contributed by atoms with van der Waals surface area (Å²) in [7, 11) is 1.57. The molecule has 0 N–H and O–H groups in total. The number of thioether (sulfide) groups is 2. The largest absolute Gasteiger partial charge is 0.354 e. The van der Waals surface area contributed by atoms with Crippen molar-refractivity contribution in [3.63, 3.8) is 0 Å². The van der Waals surface area contributed by atoms with Crippen LogP contribution in [0, 0.1) is 11.3 Å². The Morgan fingerprint density at radius 1 is 0.966 bits per heavy atom. The average Bonchev–Trinajstić information content (AvgIpc) is 2.75. The fraction of sp³-hybridized carbons (Fsp3) is 1.00. The molecule has 176 valence electrons. The van der Waals surface area contributed by atoms with Gasteiger partial charge in [0.1, 0.15) is 12.1 Å². The number of hydrogen-bond donors (Lipinski definition) is 0. The van der Waals surface area contributed by atoms with Gasteiger partial charge in [0, 0.05) is 20.3 Å². The summed E-state index contributed by atoms with van der Waals surface area (Å²) in [4.78, 5) is 0. The van der Waals surface area contributed by atoms with Crippen molar-refractivity contribution >= 4 is 35.7 Å². The van der Waals surface area contributed by atoms with Crippen LogP contribution in [0.1, 0.15) is 86.5 Å². The minimum Gasteiger partial charge on any atom is -0.354 e. The Hall–Kier alpha value is 0.860. The van der Waals surface area contributed by atoms with Crippen LogP contribution in [0.5, 0.6) is 0 Å². The number of hydrogen-bond acceptors (Lipinski definition) is 6. The molecule has 0 aliphatic rings. The third-order valence-electron chi connectivity index (χ3n) is 5.53. The lowest BCUT2D eigenvalue weighted by Gasteiger charge is -2.56. The molecular formula is C22H45FO3S3. The lowest BCUT2D eigenvalue weighted by molar-refractivity contribution is -0.253. The maximum absolute atomic E-state index is 14.8. The quantitative estimate of drug-likeness (QED) is 0.176. The van der Waals surface area contributed by atoms with Crippen molar-refractivity contribution in [2.75, 3.05) is 32.3 Å². The normalized spacial score (nSPS) is 19.3. The van der Waals surface area contributed by atoms with E-state index < -0.39 is 14.8 Å². The summed E-state index contributed by atoms with van der Waals surface area (Å²) < 4.78 is 32.9. The van der Waals surface area contributed by atoms with Gasteiger partial charge in [0.15, 0.2) is 4.27 Å². The zero-order valence-corrected chi connectivity index (χ0v) is 22.4. The molecule has 29 heavy (non-hydrogen) atoms. The molecule has 7 heteroatoms. The Morgan fingerprint density at radius 2 is 1.66 bits per heavy atom. The minimum absolute atomic E-state index is 0.204. The summed E-state index contributed by atoms with van der Waals surface area (Å²) in [6, 6.07) is 0. The van der Waals surface area contributed by atoms with Gasteiger partial charge in [0.25, 0.3) is 5.12 Å². The highest BCUT2D eigenvalue weighted by molar-refractivity contribution is 8.17. The summed E-state index contributed by atoms with van der Waals surface area (Å²) in [5, 5.41) is -1.40. The Bertz CT molecular complexity index is 413. The van der Waals surface area contributed by atoms with Crippen molar-refractivity contribution < 1.29 is 18.1 Å². The number of methoxy groups -OCH3 is 1. The number of unbranched alkanes of at least 4 members (excludes halogenated alkanes) is 1. The molecule has 4 unspecified atom stereocenters. The molecule has 0 fully saturated rings. The smallest absolute Gasteiger partial charge is 0.259 e. The van der Waals surface area contributed by atoms with E-state index in [9.17, 15) is 3.89 Å². The Balaban J connectivity index is 6.68. The van der Waals surface area contributed by atoms with E-state index in [0.29, 0.717) is 19.1 Å². The molecule has 0 aliphatic carbocycles. The van der Waals surface area contributed by atoms with Crippen LogP contribution in [0.3, 0.4) is 0 Å². The van der Waals surface area contributed by atoms with Crippen molar-refractivity contribution in [3.8, 4) is 0 Å². The Kier molecular flexibility index (Phi) is 16.1. The first-order chi connectivity index (χ1) is 13.9. The lowest BCUT2D eigenvalue weighted by Crippen LogP contribution is -2.61. The van der Waals surface area contributed by atoms with Crippen LogP contribution in [0.15, 0.2) is 0 Å². The fourth-order valence-electron chi connectivity index (χ4n) is 3.78. The van der Waals surface area contributed by atoms with Gasteiger partial charge in [-0.3, -0.25) is 0 Å². The SMILES string of the molecule is CCCCC(CCC)(C(OC)(OCC)SF)C(OCCC)(SC)SCC(C)CC. The van der Waals surface area contributed by atoms with Crippen LogP contribution in [0.4, 0.5) is 3.89 Å². The molecule has 0 amide bonds. The minimum atomic E-state index is -1.40. The van der Waals surface area contributed by atoms with E-state index in [1.807, 2.05) is 18.7 Å². The van der Waals surface area contributed by atoms with Gasteiger partial charge in [-0.25, -0.2) is 0 Å². The van der Waals surface area contributed by atoms with Crippen LogP contribution in [0.2, 0.25) is 0 Å². The first-order valence-electron chi connectivity index (χ1n) is 11.2. The summed E-state index contributed by atoms with van der Waals surface area (Å²) in [5.74, 6) is 1.52. The van der Waals surface area contributed by atoms with E-state index in [1.165, 1.54) is 0 Å². The topological polar surface area (TPSA) is 27.7 Å². The van der Waals surface area contributed by atoms with Crippen LogP contribution in [0.25, 0.3) is 0 Å². The molecule has 0 saturated carbocycles. The molecule has 0 aromatic rings. The number of ether oxygens (including phenoxy) is 3. The monoisotopic (exact) mass is 472 g/mol. The van der Waals surface area contributed by atoms with E-state index in [-0.39, 0.29) is 12.1 Å². The highest BCUT2D eigenvalue weighted by Gasteiger charge is 2.66. The fourth-order valence-corrected chi connectivity index (χ4v) is 7.75.